The van der Waals surface area contributed by atoms with Crippen LogP contribution in [0.1, 0.15) is 84.4 Å². The summed E-state index contributed by atoms with van der Waals surface area (Å²) < 4.78 is 5.46. The molecule has 220 valence electrons. The molecule has 4 N–H and O–H groups in total. The SMILES string of the molecule is CCCCCNC(=O)C(c1ccc(O)cc1)N(C(=O)C(Cc1ccc(O)cc1)NC(=O)OC(C)(C)C)C(C)CC. The fourth-order valence-electron chi connectivity index (χ4n) is 4.27. The zero-order valence-corrected chi connectivity index (χ0v) is 24.6. The zero-order chi connectivity index (χ0) is 29.9. The number of carbonyl (C=O) groups excluding carboxylic acids is 3. The van der Waals surface area contributed by atoms with Crippen LogP contribution in [0.5, 0.6) is 11.5 Å². The number of nitrogens with zero attached hydrogens (tertiary/aromatic N) is 1. The van der Waals surface area contributed by atoms with Gasteiger partial charge in [-0.05, 0) is 75.9 Å². The second kappa shape index (κ2) is 15.1. The van der Waals surface area contributed by atoms with Crippen molar-refractivity contribution in [2.75, 3.05) is 6.54 Å². The molecule has 2 aromatic rings. The lowest BCUT2D eigenvalue weighted by Gasteiger charge is -2.38. The van der Waals surface area contributed by atoms with E-state index in [-0.39, 0.29) is 29.9 Å². The Hall–Kier alpha value is -3.75. The normalized spacial score (nSPS) is 13.6. The van der Waals surface area contributed by atoms with Gasteiger partial charge in [-0.1, -0.05) is 51.0 Å². The van der Waals surface area contributed by atoms with E-state index < -0.39 is 29.7 Å². The summed E-state index contributed by atoms with van der Waals surface area (Å²) >= 11 is 0. The number of phenolic OH excluding ortho intramolecular Hbond substituents is 2. The number of rotatable bonds is 13. The van der Waals surface area contributed by atoms with Crippen LogP contribution < -0.4 is 10.6 Å². The van der Waals surface area contributed by atoms with Crippen LogP contribution in [0.15, 0.2) is 48.5 Å². The van der Waals surface area contributed by atoms with E-state index in [2.05, 4.69) is 17.6 Å². The predicted octanol–water partition coefficient (Wildman–Crippen LogP) is 5.21. The van der Waals surface area contributed by atoms with Crippen molar-refractivity contribution in [3.8, 4) is 11.5 Å². The Morgan fingerprint density at radius 2 is 1.50 bits per heavy atom. The Morgan fingerprint density at radius 1 is 0.925 bits per heavy atom. The Kier molecular flexibility index (Phi) is 12.3. The van der Waals surface area contributed by atoms with Gasteiger partial charge >= 0.3 is 6.09 Å². The van der Waals surface area contributed by atoms with E-state index in [1.54, 1.807) is 45.0 Å². The van der Waals surface area contributed by atoms with Crippen LogP contribution in [0.4, 0.5) is 4.79 Å². The molecule has 9 heteroatoms. The van der Waals surface area contributed by atoms with Gasteiger partial charge in [0.25, 0.3) is 0 Å². The van der Waals surface area contributed by atoms with Gasteiger partial charge in [-0.2, -0.15) is 0 Å². The van der Waals surface area contributed by atoms with Gasteiger partial charge in [0.2, 0.25) is 11.8 Å². The molecule has 0 radical (unpaired) electrons. The number of phenols is 2. The summed E-state index contributed by atoms with van der Waals surface area (Å²) in [4.78, 5) is 42.4. The molecular weight excluding hydrogens is 510 g/mol. The first-order valence-corrected chi connectivity index (χ1v) is 14.0. The molecule has 3 amide bonds. The third kappa shape index (κ3) is 10.1. The molecule has 3 unspecified atom stereocenters. The fourth-order valence-corrected chi connectivity index (χ4v) is 4.27. The molecule has 2 aromatic carbocycles. The lowest BCUT2D eigenvalue weighted by atomic mass is 9.97. The van der Waals surface area contributed by atoms with E-state index in [1.807, 2.05) is 13.8 Å². The summed E-state index contributed by atoms with van der Waals surface area (Å²) in [7, 11) is 0. The van der Waals surface area contributed by atoms with Crippen molar-refractivity contribution in [2.24, 2.45) is 0 Å². The van der Waals surface area contributed by atoms with Gasteiger partial charge in [0.15, 0.2) is 0 Å². The molecule has 3 atom stereocenters. The average molecular weight is 556 g/mol. The highest BCUT2D eigenvalue weighted by Gasteiger charge is 2.38. The van der Waals surface area contributed by atoms with Gasteiger partial charge in [-0.15, -0.1) is 0 Å². The molecule has 0 heterocycles. The van der Waals surface area contributed by atoms with Crippen LogP contribution in [-0.2, 0) is 20.7 Å². The number of aromatic hydroxyl groups is 2. The van der Waals surface area contributed by atoms with Crippen LogP contribution in [0.25, 0.3) is 0 Å². The van der Waals surface area contributed by atoms with Crippen molar-refractivity contribution >= 4 is 17.9 Å². The Bertz CT molecular complexity index is 1100. The summed E-state index contributed by atoms with van der Waals surface area (Å²) in [5, 5.41) is 25.3. The number of unbranched alkanes of at least 4 members (excludes halogenated alkanes) is 2. The van der Waals surface area contributed by atoms with Crippen molar-refractivity contribution in [3.63, 3.8) is 0 Å². The Labute approximate surface area is 237 Å². The second-order valence-corrected chi connectivity index (χ2v) is 11.1. The quantitative estimate of drug-likeness (QED) is 0.251. The maximum atomic E-state index is 14.4. The van der Waals surface area contributed by atoms with Crippen LogP contribution in [0.3, 0.4) is 0 Å². The van der Waals surface area contributed by atoms with Gasteiger partial charge in [-0.25, -0.2) is 4.79 Å². The molecule has 0 aliphatic heterocycles. The first kappa shape index (κ1) is 32.5. The monoisotopic (exact) mass is 555 g/mol. The highest BCUT2D eigenvalue weighted by Crippen LogP contribution is 2.28. The number of ether oxygens (including phenoxy) is 1. The predicted molar refractivity (Wildman–Crippen MR) is 155 cm³/mol. The van der Waals surface area contributed by atoms with Crippen molar-refractivity contribution < 1.29 is 29.3 Å². The van der Waals surface area contributed by atoms with E-state index in [0.29, 0.717) is 24.1 Å². The van der Waals surface area contributed by atoms with Gasteiger partial charge < -0.3 is 30.5 Å². The number of hydrogen-bond acceptors (Lipinski definition) is 6. The van der Waals surface area contributed by atoms with Gasteiger partial charge in [0, 0.05) is 19.0 Å². The van der Waals surface area contributed by atoms with Crippen LogP contribution >= 0.6 is 0 Å². The van der Waals surface area contributed by atoms with Gasteiger partial charge in [0.05, 0.1) is 0 Å². The summed E-state index contributed by atoms with van der Waals surface area (Å²) in [5.41, 5.74) is 0.473. The summed E-state index contributed by atoms with van der Waals surface area (Å²) in [6.07, 6.45) is 2.70. The maximum Gasteiger partial charge on any atom is 0.408 e. The largest absolute Gasteiger partial charge is 0.508 e. The highest BCUT2D eigenvalue weighted by molar-refractivity contribution is 5.92. The molecule has 0 spiro atoms. The zero-order valence-electron chi connectivity index (χ0n) is 24.6. The third-order valence-corrected chi connectivity index (χ3v) is 6.50. The topological polar surface area (TPSA) is 128 Å². The Balaban J connectivity index is 2.53. The summed E-state index contributed by atoms with van der Waals surface area (Å²) in [6.45, 7) is 11.5. The van der Waals surface area contributed by atoms with Crippen molar-refractivity contribution in [1.82, 2.24) is 15.5 Å². The van der Waals surface area contributed by atoms with Gasteiger partial charge in [-0.3, -0.25) is 9.59 Å². The van der Waals surface area contributed by atoms with E-state index >= 15 is 0 Å². The van der Waals surface area contributed by atoms with Crippen molar-refractivity contribution in [3.05, 3.63) is 59.7 Å². The van der Waals surface area contributed by atoms with Crippen molar-refractivity contribution in [2.45, 2.75) is 97.4 Å². The van der Waals surface area contributed by atoms with Crippen LogP contribution in [0, 0.1) is 0 Å². The van der Waals surface area contributed by atoms with E-state index in [9.17, 15) is 24.6 Å². The standard InChI is InChI=1S/C31H45N3O6/c1-7-9-10-19-32-28(37)27(23-13-17-25(36)18-14-23)34(21(3)8-2)29(38)26(33-30(39)40-31(4,5)6)20-22-11-15-24(35)16-12-22/h11-18,21,26-27,35-36H,7-10,19-20H2,1-6H3,(H,32,37)(H,33,39). The van der Waals surface area contributed by atoms with E-state index in [0.717, 1.165) is 19.3 Å². The molecule has 0 aromatic heterocycles. The van der Waals surface area contributed by atoms with Crippen LogP contribution in [0.2, 0.25) is 0 Å². The molecular formula is C31H45N3O6. The number of carbonyl (C=O) groups is 3. The van der Waals surface area contributed by atoms with Crippen molar-refractivity contribution in [1.29, 1.82) is 0 Å². The minimum atomic E-state index is -1.05. The molecule has 0 fully saturated rings. The molecule has 9 nitrogen and oxygen atoms in total. The maximum absolute atomic E-state index is 14.4. The smallest absolute Gasteiger partial charge is 0.408 e. The van der Waals surface area contributed by atoms with Gasteiger partial charge in [0.1, 0.15) is 29.2 Å². The number of amides is 3. The molecule has 0 aliphatic rings. The summed E-state index contributed by atoms with van der Waals surface area (Å²) in [5.74, 6) is -0.657. The number of alkyl carbamates (subject to hydrolysis) is 1. The first-order chi connectivity index (χ1) is 18.9. The summed E-state index contributed by atoms with van der Waals surface area (Å²) in [6, 6.07) is 10.2. The molecule has 0 aliphatic carbocycles. The lowest BCUT2D eigenvalue weighted by molar-refractivity contribution is -0.145. The fraction of sp³-hybridized carbons (Fsp3) is 0.516. The number of benzene rings is 2. The van der Waals surface area contributed by atoms with E-state index in [4.69, 9.17) is 4.74 Å². The number of nitrogens with one attached hydrogen (secondary N) is 2. The van der Waals surface area contributed by atoms with Crippen LogP contribution in [-0.4, -0.2) is 57.3 Å². The average Bonchev–Trinajstić information content (AvgIpc) is 2.89. The molecule has 0 bridgehead atoms. The minimum absolute atomic E-state index is 0.0454. The molecule has 0 saturated heterocycles. The minimum Gasteiger partial charge on any atom is -0.508 e. The first-order valence-electron chi connectivity index (χ1n) is 14.0. The second-order valence-electron chi connectivity index (χ2n) is 11.1. The molecule has 2 rings (SSSR count). The number of hydrogen-bond donors (Lipinski definition) is 4. The van der Waals surface area contributed by atoms with E-state index in [1.165, 1.54) is 29.2 Å². The Morgan fingerprint density at radius 3 is 2.02 bits per heavy atom. The molecule has 40 heavy (non-hydrogen) atoms. The molecule has 0 saturated carbocycles. The highest BCUT2D eigenvalue weighted by atomic mass is 16.6. The third-order valence-electron chi connectivity index (χ3n) is 6.50. The lowest BCUT2D eigenvalue weighted by Crippen LogP contribution is -2.56.